The number of non-ortho nitro benzene ring substituents is 1. The number of carbonyl (C=O) groups excluding carboxylic acids is 1. The maximum atomic E-state index is 10.8. The van der Waals surface area contributed by atoms with Crippen molar-refractivity contribution >= 4 is 21.7 Å². The summed E-state index contributed by atoms with van der Waals surface area (Å²) in [5, 5.41) is 13.0. The van der Waals surface area contributed by atoms with Crippen molar-refractivity contribution in [1.82, 2.24) is 5.32 Å². The smallest absolute Gasteiger partial charge is 0.270 e. The number of rotatable bonds is 7. The van der Waals surface area contributed by atoms with Crippen LogP contribution in [0.2, 0.25) is 0 Å². The summed E-state index contributed by atoms with van der Waals surface area (Å²) in [6, 6.07) is 14.4. The van der Waals surface area contributed by atoms with Crippen LogP contribution < -0.4 is 5.32 Å². The highest BCUT2D eigenvalue weighted by Crippen LogP contribution is 2.16. The maximum absolute atomic E-state index is 10.8. The van der Waals surface area contributed by atoms with E-state index in [-0.39, 0.29) is 5.91 Å². The third-order valence-corrected chi connectivity index (χ3v) is 4.69. The molecular formula is C19H25N3O6S. The fourth-order valence-electron chi connectivity index (χ4n) is 2.44. The Morgan fingerprint density at radius 1 is 1.10 bits per heavy atom. The predicted octanol–water partition coefficient (Wildman–Crippen LogP) is 1.90. The third-order valence-electron chi connectivity index (χ3n) is 3.86. The minimum Gasteiger partial charge on any atom is -0.744 e. The van der Waals surface area contributed by atoms with E-state index in [0.717, 1.165) is 48.4 Å². The van der Waals surface area contributed by atoms with Gasteiger partial charge in [-0.15, -0.1) is 0 Å². The summed E-state index contributed by atoms with van der Waals surface area (Å²) in [7, 11) is -0.262. The molecule has 0 fully saturated rings. The first-order chi connectivity index (χ1) is 13.4. The SMILES string of the molecule is CC(=O)NCC[N+](C)(C)Cc1ccccc1.O=[N+]([O-])c1cccc(S(=O)(=O)[O-])c1. The summed E-state index contributed by atoms with van der Waals surface area (Å²) in [5.41, 5.74) is 0.909. The van der Waals surface area contributed by atoms with Crippen LogP contribution in [-0.4, -0.2) is 55.5 Å². The van der Waals surface area contributed by atoms with Gasteiger partial charge in [-0.05, 0) is 6.07 Å². The Kier molecular flexibility index (Phi) is 8.89. The Morgan fingerprint density at radius 3 is 2.24 bits per heavy atom. The summed E-state index contributed by atoms with van der Waals surface area (Å²) in [6.07, 6.45) is 0. The largest absolute Gasteiger partial charge is 0.744 e. The highest BCUT2D eigenvalue weighted by molar-refractivity contribution is 7.85. The Labute approximate surface area is 170 Å². The number of nitrogens with zero attached hydrogens (tertiary/aromatic N) is 2. The van der Waals surface area contributed by atoms with Crippen LogP contribution in [0.4, 0.5) is 5.69 Å². The number of carbonyl (C=O) groups is 1. The monoisotopic (exact) mass is 423 g/mol. The lowest BCUT2D eigenvalue weighted by atomic mass is 10.2. The molecule has 29 heavy (non-hydrogen) atoms. The highest BCUT2D eigenvalue weighted by atomic mass is 32.2. The molecule has 1 amide bonds. The van der Waals surface area contributed by atoms with Crippen LogP contribution in [-0.2, 0) is 21.5 Å². The van der Waals surface area contributed by atoms with Gasteiger partial charge in [-0.3, -0.25) is 14.9 Å². The molecule has 2 aromatic rings. The number of nitro benzene ring substituents is 1. The molecule has 2 rings (SSSR count). The van der Waals surface area contributed by atoms with E-state index >= 15 is 0 Å². The number of quaternary nitrogens is 1. The van der Waals surface area contributed by atoms with E-state index in [0.29, 0.717) is 0 Å². The summed E-state index contributed by atoms with van der Waals surface area (Å²) in [5.74, 6) is 0.0414. The summed E-state index contributed by atoms with van der Waals surface area (Å²) in [6.45, 7) is 4.21. The Balaban J connectivity index is 0.000000296. The first-order valence-corrected chi connectivity index (χ1v) is 10.1. The number of nitro groups is 1. The molecule has 0 aromatic heterocycles. The van der Waals surface area contributed by atoms with Crippen molar-refractivity contribution in [2.75, 3.05) is 27.2 Å². The van der Waals surface area contributed by atoms with Gasteiger partial charge >= 0.3 is 0 Å². The molecule has 0 atom stereocenters. The van der Waals surface area contributed by atoms with Gasteiger partial charge in [0.15, 0.2) is 0 Å². The molecule has 9 nitrogen and oxygen atoms in total. The number of amides is 1. The van der Waals surface area contributed by atoms with Crippen molar-refractivity contribution < 1.29 is 27.2 Å². The van der Waals surface area contributed by atoms with E-state index < -0.39 is 25.6 Å². The van der Waals surface area contributed by atoms with Crippen LogP contribution >= 0.6 is 0 Å². The topological polar surface area (TPSA) is 129 Å². The number of hydrogen-bond acceptors (Lipinski definition) is 6. The molecule has 0 bridgehead atoms. The minimum absolute atomic E-state index is 0.0414. The van der Waals surface area contributed by atoms with E-state index in [9.17, 15) is 27.9 Å². The summed E-state index contributed by atoms with van der Waals surface area (Å²) >= 11 is 0. The fraction of sp³-hybridized carbons (Fsp3) is 0.316. The van der Waals surface area contributed by atoms with Gasteiger partial charge in [-0.1, -0.05) is 36.4 Å². The summed E-state index contributed by atoms with van der Waals surface area (Å²) < 4.78 is 32.2. The second-order valence-corrected chi connectivity index (χ2v) is 8.37. The van der Waals surface area contributed by atoms with Crippen molar-refractivity contribution in [3.05, 3.63) is 70.3 Å². The van der Waals surface area contributed by atoms with Gasteiger partial charge in [-0.25, -0.2) is 8.42 Å². The third kappa shape index (κ3) is 9.79. The lowest BCUT2D eigenvalue weighted by Crippen LogP contribution is -2.44. The molecule has 0 unspecified atom stereocenters. The normalized spacial score (nSPS) is 11.2. The predicted molar refractivity (Wildman–Crippen MR) is 107 cm³/mol. The zero-order valence-corrected chi connectivity index (χ0v) is 17.4. The second kappa shape index (κ2) is 10.6. The van der Waals surface area contributed by atoms with E-state index in [1.54, 1.807) is 6.92 Å². The summed E-state index contributed by atoms with van der Waals surface area (Å²) in [4.78, 5) is 19.6. The average molecular weight is 423 g/mol. The van der Waals surface area contributed by atoms with Crippen molar-refractivity contribution in [2.24, 2.45) is 0 Å². The first kappa shape index (κ1) is 24.2. The number of hydrogen-bond donors (Lipinski definition) is 1. The fourth-order valence-corrected chi connectivity index (χ4v) is 2.95. The molecule has 10 heteroatoms. The molecule has 0 aliphatic rings. The first-order valence-electron chi connectivity index (χ1n) is 8.71. The van der Waals surface area contributed by atoms with Gasteiger partial charge in [0.25, 0.3) is 5.69 Å². The van der Waals surface area contributed by atoms with Gasteiger partial charge in [0.05, 0.1) is 37.0 Å². The Hall–Kier alpha value is -2.82. The second-order valence-electron chi connectivity index (χ2n) is 6.99. The van der Waals surface area contributed by atoms with Crippen LogP contribution in [0.25, 0.3) is 0 Å². The van der Waals surface area contributed by atoms with Crippen molar-refractivity contribution in [1.29, 1.82) is 0 Å². The van der Waals surface area contributed by atoms with Crippen LogP contribution in [0.1, 0.15) is 12.5 Å². The lowest BCUT2D eigenvalue weighted by Gasteiger charge is -2.29. The van der Waals surface area contributed by atoms with Crippen LogP contribution in [0.3, 0.4) is 0 Å². The molecule has 0 radical (unpaired) electrons. The van der Waals surface area contributed by atoms with Gasteiger partial charge < -0.3 is 14.4 Å². The molecule has 2 aromatic carbocycles. The van der Waals surface area contributed by atoms with Gasteiger partial charge in [0.1, 0.15) is 16.7 Å². The lowest BCUT2D eigenvalue weighted by molar-refractivity contribution is -0.902. The van der Waals surface area contributed by atoms with Crippen LogP contribution in [0, 0.1) is 10.1 Å². The van der Waals surface area contributed by atoms with Crippen molar-refractivity contribution in [3.8, 4) is 0 Å². The van der Waals surface area contributed by atoms with Crippen LogP contribution in [0.15, 0.2) is 59.5 Å². The molecular weight excluding hydrogens is 398 g/mol. The molecule has 0 aliphatic heterocycles. The molecule has 0 heterocycles. The Morgan fingerprint density at radius 2 is 1.72 bits per heavy atom. The average Bonchev–Trinajstić information content (AvgIpc) is 2.61. The molecule has 0 spiro atoms. The molecule has 1 N–H and O–H groups in total. The van der Waals surface area contributed by atoms with Gasteiger partial charge in [-0.2, -0.15) is 0 Å². The van der Waals surface area contributed by atoms with Crippen molar-refractivity contribution in [3.63, 3.8) is 0 Å². The standard InChI is InChI=1S/C13H20N2O.C6H5NO5S/c1-12(16)14-9-10-15(2,3)11-13-7-5-4-6-8-13;8-7(9)5-2-1-3-6(4-5)13(10,11)12/h4-8H,9-11H2,1-3H3;1-4H,(H,10,11,12). The van der Waals surface area contributed by atoms with Gasteiger partial charge in [0.2, 0.25) is 5.91 Å². The number of nitrogens with one attached hydrogen (secondary N) is 1. The Bertz CT molecular complexity index is 930. The van der Waals surface area contributed by atoms with Crippen molar-refractivity contribution in [2.45, 2.75) is 18.4 Å². The number of likely N-dealkylation sites (N-methyl/N-ethyl adjacent to an activating group) is 1. The van der Waals surface area contributed by atoms with Crippen LogP contribution in [0.5, 0.6) is 0 Å². The minimum atomic E-state index is -4.61. The molecule has 158 valence electrons. The molecule has 0 aliphatic carbocycles. The highest BCUT2D eigenvalue weighted by Gasteiger charge is 2.15. The van der Waals surface area contributed by atoms with E-state index in [2.05, 4.69) is 43.7 Å². The maximum Gasteiger partial charge on any atom is 0.270 e. The van der Waals surface area contributed by atoms with Gasteiger partial charge in [0, 0.05) is 24.6 Å². The number of benzene rings is 2. The van der Waals surface area contributed by atoms with E-state index in [1.807, 2.05) is 6.07 Å². The van der Waals surface area contributed by atoms with E-state index in [4.69, 9.17) is 0 Å². The quantitative estimate of drug-likeness (QED) is 0.313. The van der Waals surface area contributed by atoms with E-state index in [1.165, 1.54) is 5.56 Å². The molecule has 0 saturated heterocycles. The zero-order chi connectivity index (χ0) is 22.1. The molecule has 0 saturated carbocycles. The zero-order valence-electron chi connectivity index (χ0n) is 16.6.